The highest BCUT2D eigenvalue weighted by atomic mass is 32.2. The Labute approximate surface area is 140 Å². The lowest BCUT2D eigenvalue weighted by molar-refractivity contribution is -0.142. The van der Waals surface area contributed by atoms with Crippen molar-refractivity contribution in [2.75, 3.05) is 0 Å². The molecule has 0 spiro atoms. The van der Waals surface area contributed by atoms with E-state index in [1.54, 1.807) is 0 Å². The van der Waals surface area contributed by atoms with E-state index in [-0.39, 0.29) is 11.0 Å². The first-order valence-corrected chi connectivity index (χ1v) is 8.42. The van der Waals surface area contributed by atoms with Gasteiger partial charge in [0.1, 0.15) is 6.04 Å². The number of carboxylic acid groups (broad SMARTS) is 1. The van der Waals surface area contributed by atoms with Crippen LogP contribution < -0.4 is 5.32 Å². The van der Waals surface area contributed by atoms with Gasteiger partial charge in [-0.3, -0.25) is 9.59 Å². The van der Waals surface area contributed by atoms with Crippen LogP contribution in [0.25, 0.3) is 0 Å². The van der Waals surface area contributed by atoms with Crippen molar-refractivity contribution in [1.29, 1.82) is 0 Å². The topological polar surface area (TPSA) is 83.5 Å². The lowest BCUT2D eigenvalue weighted by Crippen LogP contribution is -2.46. The number of hydrogen-bond donors (Lipinski definition) is 2. The summed E-state index contributed by atoms with van der Waals surface area (Å²) in [5.41, 5.74) is 0.928. The summed E-state index contributed by atoms with van der Waals surface area (Å²) < 4.78 is 0. The van der Waals surface area contributed by atoms with Crippen molar-refractivity contribution in [2.24, 2.45) is 5.92 Å². The van der Waals surface area contributed by atoms with Crippen LogP contribution in [0.2, 0.25) is 0 Å². The van der Waals surface area contributed by atoms with Crippen LogP contribution in [-0.4, -0.2) is 33.4 Å². The first kappa shape index (κ1) is 19.2. The smallest absolute Gasteiger partial charge is 0.326 e. The van der Waals surface area contributed by atoms with Gasteiger partial charge in [-0.25, -0.2) is 4.79 Å². The van der Waals surface area contributed by atoms with Gasteiger partial charge in [0.15, 0.2) is 5.12 Å². The summed E-state index contributed by atoms with van der Waals surface area (Å²) in [4.78, 5) is 35.1. The van der Waals surface area contributed by atoms with E-state index in [9.17, 15) is 19.5 Å². The number of amides is 1. The number of carbonyl (C=O) groups is 3. The Kier molecular flexibility index (Phi) is 7.81. The van der Waals surface area contributed by atoms with Crippen LogP contribution in [0.1, 0.15) is 32.8 Å². The molecule has 0 aliphatic rings. The van der Waals surface area contributed by atoms with Gasteiger partial charge < -0.3 is 10.4 Å². The van der Waals surface area contributed by atoms with Crippen molar-refractivity contribution in [2.45, 2.75) is 44.9 Å². The largest absolute Gasteiger partial charge is 0.480 e. The van der Waals surface area contributed by atoms with Crippen molar-refractivity contribution >= 4 is 28.8 Å². The van der Waals surface area contributed by atoms with Crippen LogP contribution in [0.15, 0.2) is 30.3 Å². The van der Waals surface area contributed by atoms with Crippen LogP contribution in [-0.2, 0) is 20.8 Å². The molecule has 0 aliphatic heterocycles. The third-order valence-electron chi connectivity index (χ3n) is 3.19. The normalized spacial score (nSPS) is 13.4. The molecule has 1 aromatic rings. The number of rotatable bonds is 8. The van der Waals surface area contributed by atoms with Gasteiger partial charge in [0.05, 0.1) is 5.25 Å². The molecule has 2 N–H and O–H groups in total. The van der Waals surface area contributed by atoms with Gasteiger partial charge in [0.2, 0.25) is 5.91 Å². The molecule has 0 fully saturated rings. The molecule has 1 aromatic carbocycles. The number of nitrogens with one attached hydrogen (secondary N) is 1. The van der Waals surface area contributed by atoms with Gasteiger partial charge in [-0.05, 0) is 24.3 Å². The highest BCUT2D eigenvalue weighted by Crippen LogP contribution is 2.18. The fourth-order valence-corrected chi connectivity index (χ4v) is 3.03. The van der Waals surface area contributed by atoms with Crippen molar-refractivity contribution in [3.8, 4) is 0 Å². The van der Waals surface area contributed by atoms with Gasteiger partial charge in [-0.15, -0.1) is 0 Å². The maximum Gasteiger partial charge on any atom is 0.326 e. The molecule has 0 aliphatic carbocycles. The Morgan fingerprint density at radius 2 is 1.78 bits per heavy atom. The third-order valence-corrected chi connectivity index (χ3v) is 4.18. The van der Waals surface area contributed by atoms with E-state index >= 15 is 0 Å². The van der Waals surface area contributed by atoms with Gasteiger partial charge in [-0.1, -0.05) is 55.9 Å². The summed E-state index contributed by atoms with van der Waals surface area (Å²) in [6.45, 7) is 5.19. The Bertz CT molecular complexity index is 545. The highest BCUT2D eigenvalue weighted by Gasteiger charge is 2.27. The Morgan fingerprint density at radius 1 is 1.17 bits per heavy atom. The maximum absolute atomic E-state index is 12.4. The standard InChI is InChI=1S/C17H23NO4S/c1-11(2)9-14(17(21)22)18-16(20)15(23-12(3)19)10-13-7-5-4-6-8-13/h4-8,11,14-15H,9-10H2,1-3H3,(H,18,20)(H,21,22)/t14-,15?/m0/s1. The Balaban J connectivity index is 2.82. The lowest BCUT2D eigenvalue weighted by atomic mass is 10.0. The molecular formula is C17H23NO4S. The number of carboxylic acids is 1. The summed E-state index contributed by atoms with van der Waals surface area (Å²) in [5.74, 6) is -1.33. The average Bonchev–Trinajstić information content (AvgIpc) is 2.45. The summed E-state index contributed by atoms with van der Waals surface area (Å²) >= 11 is 0.931. The summed E-state index contributed by atoms with van der Waals surface area (Å²) in [5, 5.41) is 11.0. The quantitative estimate of drug-likeness (QED) is 0.761. The Morgan fingerprint density at radius 3 is 2.26 bits per heavy atom. The second-order valence-corrected chi connectivity index (χ2v) is 7.20. The van der Waals surface area contributed by atoms with Gasteiger partial charge in [0, 0.05) is 6.92 Å². The van der Waals surface area contributed by atoms with E-state index < -0.39 is 23.2 Å². The minimum absolute atomic E-state index is 0.143. The molecule has 6 heteroatoms. The van der Waals surface area contributed by atoms with E-state index in [4.69, 9.17) is 0 Å². The van der Waals surface area contributed by atoms with Crippen molar-refractivity contribution in [3.63, 3.8) is 0 Å². The maximum atomic E-state index is 12.4. The van der Waals surface area contributed by atoms with E-state index in [1.165, 1.54) is 6.92 Å². The number of hydrogen-bond acceptors (Lipinski definition) is 4. The molecule has 1 rings (SSSR count). The first-order valence-electron chi connectivity index (χ1n) is 7.54. The summed E-state index contributed by atoms with van der Waals surface area (Å²) in [7, 11) is 0. The molecule has 0 bridgehead atoms. The number of thioether (sulfide) groups is 1. The third kappa shape index (κ3) is 7.32. The molecule has 23 heavy (non-hydrogen) atoms. The zero-order valence-corrected chi connectivity index (χ0v) is 14.4. The lowest BCUT2D eigenvalue weighted by Gasteiger charge is -2.20. The SMILES string of the molecule is CC(=O)SC(Cc1ccccc1)C(=O)N[C@@H](CC(C)C)C(=O)O. The van der Waals surface area contributed by atoms with Crippen molar-refractivity contribution < 1.29 is 19.5 Å². The van der Waals surface area contributed by atoms with Crippen LogP contribution in [0, 0.1) is 5.92 Å². The highest BCUT2D eigenvalue weighted by molar-refractivity contribution is 8.14. The van der Waals surface area contributed by atoms with Gasteiger partial charge in [0.25, 0.3) is 0 Å². The molecule has 0 heterocycles. The number of aliphatic carboxylic acids is 1. The van der Waals surface area contributed by atoms with Crippen LogP contribution in [0.4, 0.5) is 0 Å². The monoisotopic (exact) mass is 337 g/mol. The van der Waals surface area contributed by atoms with Crippen LogP contribution in [0.3, 0.4) is 0 Å². The van der Waals surface area contributed by atoms with E-state index in [0.29, 0.717) is 12.8 Å². The fourth-order valence-electron chi connectivity index (χ4n) is 2.17. The minimum Gasteiger partial charge on any atom is -0.480 e. The number of benzene rings is 1. The molecule has 0 saturated heterocycles. The van der Waals surface area contributed by atoms with Crippen molar-refractivity contribution in [1.82, 2.24) is 5.32 Å². The van der Waals surface area contributed by atoms with E-state index in [1.807, 2.05) is 44.2 Å². The zero-order valence-electron chi connectivity index (χ0n) is 13.6. The molecular weight excluding hydrogens is 314 g/mol. The summed E-state index contributed by atoms with van der Waals surface area (Å²) in [6.07, 6.45) is 0.731. The number of carbonyl (C=O) groups excluding carboxylic acids is 2. The molecule has 1 unspecified atom stereocenters. The molecule has 1 amide bonds. The summed E-state index contributed by atoms with van der Waals surface area (Å²) in [6, 6.07) is 8.42. The molecule has 5 nitrogen and oxygen atoms in total. The second-order valence-electron chi connectivity index (χ2n) is 5.82. The van der Waals surface area contributed by atoms with Crippen molar-refractivity contribution in [3.05, 3.63) is 35.9 Å². The Hall–Kier alpha value is -1.82. The van der Waals surface area contributed by atoms with Crippen LogP contribution >= 0.6 is 11.8 Å². The van der Waals surface area contributed by atoms with Gasteiger partial charge >= 0.3 is 5.97 Å². The molecule has 0 radical (unpaired) electrons. The molecule has 0 saturated carbocycles. The minimum atomic E-state index is -1.06. The molecule has 0 aromatic heterocycles. The molecule has 126 valence electrons. The first-order chi connectivity index (χ1) is 10.8. The van der Waals surface area contributed by atoms with E-state index in [0.717, 1.165) is 17.3 Å². The molecule has 2 atom stereocenters. The van der Waals surface area contributed by atoms with E-state index in [2.05, 4.69) is 5.32 Å². The predicted molar refractivity (Wildman–Crippen MR) is 91.2 cm³/mol. The predicted octanol–water partition coefficient (Wildman–Crippen LogP) is 2.49. The zero-order chi connectivity index (χ0) is 17.4. The van der Waals surface area contributed by atoms with Gasteiger partial charge in [-0.2, -0.15) is 0 Å². The second kappa shape index (κ2) is 9.35. The average molecular weight is 337 g/mol. The van der Waals surface area contributed by atoms with Crippen LogP contribution in [0.5, 0.6) is 0 Å². The fraction of sp³-hybridized carbons (Fsp3) is 0.471.